The Balaban J connectivity index is 1.88. The first-order valence-corrected chi connectivity index (χ1v) is 6.67. The molecule has 0 radical (unpaired) electrons. The fourth-order valence-electron chi connectivity index (χ4n) is 1.84. The molecule has 1 saturated carbocycles. The third-order valence-electron chi connectivity index (χ3n) is 3.02. The normalized spacial score (nSPS) is 14.0. The van der Waals surface area contributed by atoms with Gasteiger partial charge in [0.05, 0.1) is 9.95 Å². The third-order valence-corrected chi connectivity index (χ3v) is 3.32. The van der Waals surface area contributed by atoms with Gasteiger partial charge in [0.2, 0.25) is 5.88 Å². The maximum absolute atomic E-state index is 10.7. The Morgan fingerprint density at radius 2 is 2.10 bits per heavy atom. The van der Waals surface area contributed by atoms with Crippen molar-refractivity contribution in [2.24, 2.45) is 0 Å². The van der Waals surface area contributed by atoms with Crippen molar-refractivity contribution < 1.29 is 9.66 Å². The second-order valence-corrected chi connectivity index (χ2v) is 5.14. The van der Waals surface area contributed by atoms with Gasteiger partial charge in [-0.1, -0.05) is 11.6 Å². The SMILES string of the molecule is Nc1cc(Oc2ccc([N+](=O)[O-])cc2Cl)nc(C2CC2)n1. The van der Waals surface area contributed by atoms with E-state index >= 15 is 0 Å². The topological polar surface area (TPSA) is 104 Å². The molecule has 1 aromatic carbocycles. The molecule has 7 nitrogen and oxygen atoms in total. The monoisotopic (exact) mass is 306 g/mol. The summed E-state index contributed by atoms with van der Waals surface area (Å²) >= 11 is 5.97. The molecule has 0 bridgehead atoms. The number of nitro benzene ring substituents is 1. The minimum absolute atomic E-state index is 0.103. The number of ether oxygens (including phenoxy) is 1. The number of benzene rings is 1. The predicted molar refractivity (Wildman–Crippen MR) is 76.6 cm³/mol. The highest BCUT2D eigenvalue weighted by molar-refractivity contribution is 6.32. The lowest BCUT2D eigenvalue weighted by Crippen LogP contribution is -2.00. The zero-order valence-corrected chi connectivity index (χ0v) is 11.6. The lowest BCUT2D eigenvalue weighted by atomic mass is 10.3. The summed E-state index contributed by atoms with van der Waals surface area (Å²) < 4.78 is 5.56. The van der Waals surface area contributed by atoms with E-state index < -0.39 is 4.92 Å². The summed E-state index contributed by atoms with van der Waals surface area (Å²) in [5, 5.41) is 10.8. The van der Waals surface area contributed by atoms with E-state index in [1.54, 1.807) is 0 Å². The summed E-state index contributed by atoms with van der Waals surface area (Å²) in [6.07, 6.45) is 2.09. The van der Waals surface area contributed by atoms with Crippen molar-refractivity contribution in [2.45, 2.75) is 18.8 Å². The van der Waals surface area contributed by atoms with Gasteiger partial charge < -0.3 is 10.5 Å². The van der Waals surface area contributed by atoms with Crippen LogP contribution in [0.5, 0.6) is 11.6 Å². The number of nitrogens with zero attached hydrogens (tertiary/aromatic N) is 3. The number of non-ortho nitro benzene ring substituents is 1. The van der Waals surface area contributed by atoms with Crippen LogP contribution < -0.4 is 10.5 Å². The van der Waals surface area contributed by atoms with Crippen molar-refractivity contribution in [2.75, 3.05) is 5.73 Å². The number of nitrogens with two attached hydrogens (primary N) is 1. The average molecular weight is 307 g/mol. The van der Waals surface area contributed by atoms with Gasteiger partial charge in [-0.15, -0.1) is 0 Å². The quantitative estimate of drug-likeness (QED) is 0.686. The molecule has 0 unspecified atom stereocenters. The molecule has 0 aliphatic heterocycles. The molecule has 21 heavy (non-hydrogen) atoms. The van der Waals surface area contributed by atoms with Crippen LogP contribution in [0.15, 0.2) is 24.3 Å². The first-order valence-electron chi connectivity index (χ1n) is 6.29. The number of aromatic nitrogens is 2. The van der Waals surface area contributed by atoms with Crippen molar-refractivity contribution in [3.05, 3.63) is 45.2 Å². The average Bonchev–Trinajstić information content (AvgIpc) is 3.24. The Morgan fingerprint density at radius 3 is 2.71 bits per heavy atom. The van der Waals surface area contributed by atoms with E-state index in [0.29, 0.717) is 17.6 Å². The Kier molecular flexibility index (Phi) is 3.34. The maximum atomic E-state index is 10.7. The molecule has 1 aliphatic carbocycles. The smallest absolute Gasteiger partial charge is 0.271 e. The molecule has 1 aromatic heterocycles. The number of rotatable bonds is 4. The molecule has 1 fully saturated rings. The molecule has 8 heteroatoms. The van der Waals surface area contributed by atoms with Crippen molar-refractivity contribution in [1.29, 1.82) is 0 Å². The van der Waals surface area contributed by atoms with Gasteiger partial charge in [-0.2, -0.15) is 4.98 Å². The first kappa shape index (κ1) is 13.6. The van der Waals surface area contributed by atoms with Crippen LogP contribution >= 0.6 is 11.6 Å². The van der Waals surface area contributed by atoms with Crippen LogP contribution in [0.25, 0.3) is 0 Å². The lowest BCUT2D eigenvalue weighted by molar-refractivity contribution is -0.384. The number of anilines is 1. The van der Waals surface area contributed by atoms with Crippen LogP contribution in [-0.2, 0) is 0 Å². The molecular weight excluding hydrogens is 296 g/mol. The minimum atomic E-state index is -0.524. The van der Waals surface area contributed by atoms with E-state index in [9.17, 15) is 10.1 Å². The molecule has 3 rings (SSSR count). The molecule has 0 spiro atoms. The second kappa shape index (κ2) is 5.17. The van der Waals surface area contributed by atoms with Gasteiger partial charge >= 0.3 is 0 Å². The fraction of sp³-hybridized carbons (Fsp3) is 0.231. The van der Waals surface area contributed by atoms with Gasteiger partial charge in [0.25, 0.3) is 5.69 Å². The van der Waals surface area contributed by atoms with Gasteiger partial charge in [-0.3, -0.25) is 10.1 Å². The van der Waals surface area contributed by atoms with Crippen molar-refractivity contribution in [1.82, 2.24) is 9.97 Å². The Bertz CT molecular complexity index is 719. The molecule has 2 aromatic rings. The van der Waals surface area contributed by atoms with E-state index in [0.717, 1.165) is 12.8 Å². The van der Waals surface area contributed by atoms with Gasteiger partial charge in [0.1, 0.15) is 17.4 Å². The van der Waals surface area contributed by atoms with Crippen LogP contribution in [-0.4, -0.2) is 14.9 Å². The van der Waals surface area contributed by atoms with Gasteiger partial charge in [-0.05, 0) is 18.9 Å². The second-order valence-electron chi connectivity index (χ2n) is 4.74. The maximum Gasteiger partial charge on any atom is 0.271 e. The fourth-order valence-corrected chi connectivity index (χ4v) is 2.05. The number of nitrogen functional groups attached to an aromatic ring is 1. The Hall–Kier alpha value is -2.41. The summed E-state index contributed by atoms with van der Waals surface area (Å²) in [5.41, 5.74) is 5.62. The van der Waals surface area contributed by atoms with Crippen LogP contribution in [0.1, 0.15) is 24.6 Å². The first-order chi connectivity index (χ1) is 10.0. The highest BCUT2D eigenvalue weighted by Crippen LogP contribution is 2.39. The van der Waals surface area contributed by atoms with Crippen LogP contribution in [0.3, 0.4) is 0 Å². The molecule has 0 atom stereocenters. The predicted octanol–water partition coefficient (Wildman–Crippen LogP) is 3.29. The summed E-state index contributed by atoms with van der Waals surface area (Å²) in [6.45, 7) is 0. The number of hydrogen-bond donors (Lipinski definition) is 1. The van der Waals surface area contributed by atoms with E-state index in [-0.39, 0.29) is 22.3 Å². The lowest BCUT2D eigenvalue weighted by Gasteiger charge is -2.08. The van der Waals surface area contributed by atoms with Gasteiger partial charge in [-0.25, -0.2) is 4.98 Å². The molecule has 108 valence electrons. The number of nitro groups is 1. The van der Waals surface area contributed by atoms with Crippen LogP contribution in [0.4, 0.5) is 11.5 Å². The highest BCUT2D eigenvalue weighted by atomic mass is 35.5. The molecule has 1 aliphatic rings. The molecular formula is C13H11ClN4O3. The van der Waals surface area contributed by atoms with Crippen molar-refractivity contribution in [3.63, 3.8) is 0 Å². The Labute approximate surface area is 124 Å². The van der Waals surface area contributed by atoms with E-state index in [4.69, 9.17) is 22.1 Å². The summed E-state index contributed by atoms with van der Waals surface area (Å²) in [6, 6.07) is 5.45. The van der Waals surface area contributed by atoms with Gasteiger partial charge in [0, 0.05) is 24.1 Å². The van der Waals surface area contributed by atoms with Crippen molar-refractivity contribution in [3.8, 4) is 11.6 Å². The molecule has 0 saturated heterocycles. The van der Waals surface area contributed by atoms with Crippen LogP contribution in [0, 0.1) is 10.1 Å². The number of hydrogen-bond acceptors (Lipinski definition) is 6. The standard InChI is InChI=1S/C13H11ClN4O3/c14-9-5-8(18(19)20)3-4-10(9)21-12-6-11(15)16-13(17-12)7-1-2-7/h3-7H,1-2H2,(H2,15,16,17). The highest BCUT2D eigenvalue weighted by Gasteiger charge is 2.27. The molecule has 2 N–H and O–H groups in total. The van der Waals surface area contributed by atoms with Gasteiger partial charge in [0.15, 0.2) is 0 Å². The number of halogens is 1. The van der Waals surface area contributed by atoms with Crippen LogP contribution in [0.2, 0.25) is 5.02 Å². The van der Waals surface area contributed by atoms with Crippen molar-refractivity contribution >= 4 is 23.1 Å². The molecule has 0 amide bonds. The summed E-state index contributed by atoms with van der Waals surface area (Å²) in [7, 11) is 0. The van der Waals surface area contributed by atoms with E-state index in [2.05, 4.69) is 9.97 Å². The third kappa shape index (κ3) is 3.03. The zero-order valence-electron chi connectivity index (χ0n) is 10.8. The molecule has 1 heterocycles. The minimum Gasteiger partial charge on any atom is -0.437 e. The Morgan fingerprint density at radius 1 is 1.33 bits per heavy atom. The summed E-state index contributed by atoms with van der Waals surface area (Å²) in [4.78, 5) is 18.6. The zero-order chi connectivity index (χ0) is 15.0. The van der Waals surface area contributed by atoms with E-state index in [1.807, 2.05) is 0 Å². The summed E-state index contributed by atoms with van der Waals surface area (Å²) in [5.74, 6) is 1.87. The van der Waals surface area contributed by atoms with E-state index in [1.165, 1.54) is 24.3 Å². The largest absolute Gasteiger partial charge is 0.437 e.